The molecule has 0 aromatic heterocycles. The number of likely N-dealkylation sites (N-methyl/N-ethyl adjacent to an activating group) is 1. The second kappa shape index (κ2) is 3.60. The van der Waals surface area contributed by atoms with Crippen molar-refractivity contribution in [2.45, 2.75) is 18.4 Å². The van der Waals surface area contributed by atoms with Crippen LogP contribution < -0.4 is 5.32 Å². The highest BCUT2D eigenvalue weighted by Gasteiger charge is 2.29. The Bertz CT molecular complexity index is 95.8. The lowest BCUT2D eigenvalue weighted by molar-refractivity contribution is 0.159. The Hall–Kier alpha value is 0.270. The summed E-state index contributed by atoms with van der Waals surface area (Å²) in [5.74, 6) is 2.36. The molecule has 1 saturated heterocycles. The van der Waals surface area contributed by atoms with E-state index in [9.17, 15) is 0 Å². The summed E-state index contributed by atoms with van der Waals surface area (Å²) in [7, 11) is 1.94. The van der Waals surface area contributed by atoms with Crippen molar-refractivity contribution in [1.29, 1.82) is 0 Å². The van der Waals surface area contributed by atoms with Gasteiger partial charge in [-0.2, -0.15) is 11.8 Å². The number of hydrogen-bond donors (Lipinski definition) is 2. The van der Waals surface area contributed by atoms with Crippen LogP contribution in [-0.2, 0) is 0 Å². The Balaban J connectivity index is 2.44. The first-order chi connectivity index (χ1) is 4.83. The van der Waals surface area contributed by atoms with Gasteiger partial charge in [0.2, 0.25) is 0 Å². The van der Waals surface area contributed by atoms with Crippen LogP contribution in [0.15, 0.2) is 0 Å². The molecule has 10 heavy (non-hydrogen) atoms. The predicted molar refractivity (Wildman–Crippen MR) is 45.4 cm³/mol. The molecule has 3 heteroatoms. The summed E-state index contributed by atoms with van der Waals surface area (Å²) in [5, 5.41) is 12.3. The molecule has 1 heterocycles. The zero-order chi connectivity index (χ0) is 7.45. The van der Waals surface area contributed by atoms with E-state index in [2.05, 4.69) is 5.32 Å². The second-order valence-electron chi connectivity index (χ2n) is 2.80. The predicted octanol–water partition coefficient (Wildman–Crippen LogP) is 0.464. The van der Waals surface area contributed by atoms with Crippen LogP contribution in [0.25, 0.3) is 0 Å². The zero-order valence-electron chi connectivity index (χ0n) is 6.39. The van der Waals surface area contributed by atoms with E-state index in [1.54, 1.807) is 0 Å². The zero-order valence-corrected chi connectivity index (χ0v) is 7.21. The van der Waals surface area contributed by atoms with Crippen LogP contribution in [0.2, 0.25) is 0 Å². The molecule has 0 spiro atoms. The van der Waals surface area contributed by atoms with Crippen molar-refractivity contribution in [2.24, 2.45) is 0 Å². The lowest BCUT2D eigenvalue weighted by atomic mass is 9.94. The molecule has 0 unspecified atom stereocenters. The molecule has 0 amide bonds. The van der Waals surface area contributed by atoms with Gasteiger partial charge in [-0.25, -0.2) is 0 Å². The summed E-state index contributed by atoms with van der Waals surface area (Å²) in [5.41, 5.74) is 0.0469. The average Bonchev–Trinajstić information content (AvgIpc) is 2.06. The quantitative estimate of drug-likeness (QED) is 0.617. The summed E-state index contributed by atoms with van der Waals surface area (Å²) < 4.78 is 0. The van der Waals surface area contributed by atoms with Crippen molar-refractivity contribution in [3.8, 4) is 0 Å². The highest BCUT2D eigenvalue weighted by atomic mass is 32.2. The average molecular weight is 161 g/mol. The molecule has 0 bridgehead atoms. The van der Waals surface area contributed by atoms with Gasteiger partial charge < -0.3 is 10.4 Å². The van der Waals surface area contributed by atoms with Crippen molar-refractivity contribution >= 4 is 11.8 Å². The SMILES string of the molecule is CNC1(CO)CCSCC1. The van der Waals surface area contributed by atoms with E-state index in [4.69, 9.17) is 5.11 Å². The van der Waals surface area contributed by atoms with Crippen molar-refractivity contribution < 1.29 is 5.11 Å². The standard InChI is InChI=1S/C7H15NOS/c1-8-7(6-9)2-4-10-5-3-7/h8-9H,2-6H2,1H3. The number of thioether (sulfide) groups is 1. The molecule has 1 aliphatic rings. The number of nitrogens with one attached hydrogen (secondary N) is 1. The van der Waals surface area contributed by atoms with Gasteiger partial charge in [-0.3, -0.25) is 0 Å². The first-order valence-electron chi connectivity index (χ1n) is 3.70. The van der Waals surface area contributed by atoms with Crippen LogP contribution in [0.5, 0.6) is 0 Å². The smallest absolute Gasteiger partial charge is 0.0613 e. The number of aliphatic hydroxyl groups is 1. The van der Waals surface area contributed by atoms with Gasteiger partial charge in [0.05, 0.1) is 6.61 Å². The first-order valence-corrected chi connectivity index (χ1v) is 4.86. The Labute approximate surface area is 66.4 Å². The minimum absolute atomic E-state index is 0.0469. The third-order valence-corrected chi connectivity index (χ3v) is 3.27. The summed E-state index contributed by atoms with van der Waals surface area (Å²) >= 11 is 1.98. The lowest BCUT2D eigenvalue weighted by Crippen LogP contribution is -2.49. The van der Waals surface area contributed by atoms with Gasteiger partial charge in [0, 0.05) is 5.54 Å². The molecule has 2 N–H and O–H groups in total. The van der Waals surface area contributed by atoms with Crippen molar-refractivity contribution in [2.75, 3.05) is 25.2 Å². The number of rotatable bonds is 2. The summed E-state index contributed by atoms with van der Waals surface area (Å²) in [6.45, 7) is 0.282. The topological polar surface area (TPSA) is 32.3 Å². The van der Waals surface area contributed by atoms with Gasteiger partial charge in [-0.15, -0.1) is 0 Å². The lowest BCUT2D eigenvalue weighted by Gasteiger charge is -2.34. The molecule has 0 aromatic carbocycles. The summed E-state index contributed by atoms with van der Waals surface area (Å²) in [4.78, 5) is 0. The Kier molecular flexibility index (Phi) is 3.01. The maximum absolute atomic E-state index is 9.07. The molecule has 0 saturated carbocycles. The molecule has 2 nitrogen and oxygen atoms in total. The van der Waals surface area contributed by atoms with E-state index in [1.165, 1.54) is 11.5 Å². The Morgan fingerprint density at radius 3 is 2.40 bits per heavy atom. The van der Waals surface area contributed by atoms with E-state index in [0.717, 1.165) is 12.8 Å². The van der Waals surface area contributed by atoms with Crippen LogP contribution in [0.3, 0.4) is 0 Å². The minimum atomic E-state index is 0.0469. The number of aliphatic hydroxyl groups excluding tert-OH is 1. The number of hydrogen-bond acceptors (Lipinski definition) is 3. The minimum Gasteiger partial charge on any atom is -0.394 e. The molecule has 60 valence electrons. The molecular weight excluding hydrogens is 146 g/mol. The van der Waals surface area contributed by atoms with Crippen LogP contribution in [0.4, 0.5) is 0 Å². The molecule has 1 fully saturated rings. The molecular formula is C7H15NOS. The molecule has 1 aliphatic heterocycles. The van der Waals surface area contributed by atoms with E-state index < -0.39 is 0 Å². The van der Waals surface area contributed by atoms with Crippen molar-refractivity contribution in [1.82, 2.24) is 5.32 Å². The van der Waals surface area contributed by atoms with E-state index in [1.807, 2.05) is 18.8 Å². The molecule has 0 aliphatic carbocycles. The molecule has 0 radical (unpaired) electrons. The third-order valence-electron chi connectivity index (χ3n) is 2.28. The summed E-state index contributed by atoms with van der Waals surface area (Å²) in [6.07, 6.45) is 2.20. The van der Waals surface area contributed by atoms with Crippen molar-refractivity contribution in [3.05, 3.63) is 0 Å². The normalized spacial score (nSPS) is 24.6. The van der Waals surface area contributed by atoms with Gasteiger partial charge in [0.15, 0.2) is 0 Å². The fraction of sp³-hybridized carbons (Fsp3) is 1.00. The van der Waals surface area contributed by atoms with Gasteiger partial charge in [0.25, 0.3) is 0 Å². The van der Waals surface area contributed by atoms with Crippen LogP contribution >= 0.6 is 11.8 Å². The Morgan fingerprint density at radius 1 is 1.50 bits per heavy atom. The van der Waals surface area contributed by atoms with Gasteiger partial charge in [-0.1, -0.05) is 0 Å². The van der Waals surface area contributed by atoms with E-state index in [0.29, 0.717) is 0 Å². The van der Waals surface area contributed by atoms with E-state index >= 15 is 0 Å². The molecule has 1 rings (SSSR count). The Morgan fingerprint density at radius 2 is 2.10 bits per heavy atom. The van der Waals surface area contributed by atoms with Gasteiger partial charge in [-0.05, 0) is 31.4 Å². The van der Waals surface area contributed by atoms with Crippen LogP contribution in [0, 0.1) is 0 Å². The maximum Gasteiger partial charge on any atom is 0.0613 e. The highest BCUT2D eigenvalue weighted by Crippen LogP contribution is 2.25. The largest absolute Gasteiger partial charge is 0.394 e. The summed E-state index contributed by atoms with van der Waals surface area (Å²) in [6, 6.07) is 0. The van der Waals surface area contributed by atoms with Crippen LogP contribution in [-0.4, -0.2) is 35.8 Å². The third kappa shape index (κ3) is 1.65. The van der Waals surface area contributed by atoms with Crippen molar-refractivity contribution in [3.63, 3.8) is 0 Å². The van der Waals surface area contributed by atoms with Crippen LogP contribution in [0.1, 0.15) is 12.8 Å². The maximum atomic E-state index is 9.07. The highest BCUT2D eigenvalue weighted by molar-refractivity contribution is 7.99. The molecule has 0 atom stereocenters. The van der Waals surface area contributed by atoms with Gasteiger partial charge >= 0.3 is 0 Å². The van der Waals surface area contributed by atoms with Gasteiger partial charge in [0.1, 0.15) is 0 Å². The molecule has 0 aromatic rings. The second-order valence-corrected chi connectivity index (χ2v) is 4.03. The fourth-order valence-corrected chi connectivity index (χ4v) is 2.52. The monoisotopic (exact) mass is 161 g/mol. The fourth-order valence-electron chi connectivity index (χ4n) is 1.25. The first kappa shape index (κ1) is 8.37. The van der Waals surface area contributed by atoms with E-state index in [-0.39, 0.29) is 12.1 Å².